The Bertz CT molecular complexity index is 1150. The van der Waals surface area contributed by atoms with Gasteiger partial charge in [-0.05, 0) is 61.9 Å². The molecule has 0 atom stereocenters. The lowest BCUT2D eigenvalue weighted by atomic mass is 9.71. The molecule has 1 aliphatic carbocycles. The number of carbonyl (C=O) groups is 1. The van der Waals surface area contributed by atoms with Gasteiger partial charge < -0.3 is 19.1 Å². The van der Waals surface area contributed by atoms with E-state index in [1.807, 2.05) is 17.0 Å². The quantitative estimate of drug-likeness (QED) is 0.537. The number of rotatable bonds is 5. The fourth-order valence-electron chi connectivity index (χ4n) is 4.59. The van der Waals surface area contributed by atoms with Gasteiger partial charge in [0.1, 0.15) is 6.07 Å². The van der Waals surface area contributed by atoms with Crippen molar-refractivity contribution in [2.45, 2.75) is 37.6 Å². The summed E-state index contributed by atoms with van der Waals surface area (Å²) in [7, 11) is 0. The molecule has 164 valence electrons. The van der Waals surface area contributed by atoms with E-state index in [1.54, 1.807) is 18.4 Å². The number of nitrogens with one attached hydrogen (secondary N) is 1. The molecule has 7 nitrogen and oxygen atoms in total. The van der Waals surface area contributed by atoms with Crippen molar-refractivity contribution in [1.82, 2.24) is 10.3 Å². The predicted octanol–water partition coefficient (Wildman–Crippen LogP) is 4.98. The molecule has 0 spiro atoms. The van der Waals surface area contributed by atoms with Crippen molar-refractivity contribution < 1.29 is 13.6 Å². The fourth-order valence-corrected chi connectivity index (χ4v) is 4.99. The van der Waals surface area contributed by atoms with Crippen LogP contribution in [0.4, 0.5) is 5.88 Å². The predicted molar refractivity (Wildman–Crippen MR) is 122 cm³/mol. The molecule has 32 heavy (non-hydrogen) atoms. The van der Waals surface area contributed by atoms with E-state index in [-0.39, 0.29) is 23.1 Å². The normalized spacial score (nSPS) is 18.1. The van der Waals surface area contributed by atoms with Crippen LogP contribution in [0.1, 0.15) is 43.4 Å². The molecular weight excluding hydrogens is 472 g/mol. The van der Waals surface area contributed by atoms with E-state index in [0.29, 0.717) is 43.5 Å². The first kappa shape index (κ1) is 20.8. The first-order valence-corrected chi connectivity index (χ1v) is 11.7. The zero-order valence-corrected chi connectivity index (χ0v) is 19.1. The average molecular weight is 495 g/mol. The number of anilines is 1. The van der Waals surface area contributed by atoms with E-state index >= 15 is 0 Å². The Kier molecular flexibility index (Phi) is 5.51. The van der Waals surface area contributed by atoms with Gasteiger partial charge in [0.25, 0.3) is 5.89 Å². The molecule has 5 rings (SSSR count). The number of carbonyl (C=O) groups excluding carboxylic acids is 1. The lowest BCUT2D eigenvalue weighted by molar-refractivity contribution is -0.129. The standard InChI is InChI=1S/C24H23BrN4O3/c25-18-5-1-4-17(14-18)24(9-3-10-24)28-21(30)16-7-11-29(12-8-16)23-19(15-26)27-22(32-23)20-6-2-13-31-20/h1-2,4-6,13-14,16H,3,7-12H2,(H,28,30). The lowest BCUT2D eigenvalue weighted by Crippen LogP contribution is -2.53. The third kappa shape index (κ3) is 3.82. The van der Waals surface area contributed by atoms with Gasteiger partial charge in [-0.3, -0.25) is 4.79 Å². The zero-order chi connectivity index (χ0) is 22.1. The summed E-state index contributed by atoms with van der Waals surface area (Å²) in [6, 6.07) is 13.8. The summed E-state index contributed by atoms with van der Waals surface area (Å²) in [5.41, 5.74) is 1.14. The second-order valence-corrected chi connectivity index (χ2v) is 9.37. The van der Waals surface area contributed by atoms with Crippen molar-refractivity contribution in [2.24, 2.45) is 5.92 Å². The van der Waals surface area contributed by atoms with Crippen LogP contribution in [0, 0.1) is 17.2 Å². The van der Waals surface area contributed by atoms with E-state index < -0.39 is 0 Å². The minimum atomic E-state index is -0.255. The number of amides is 1. The maximum atomic E-state index is 13.1. The molecule has 1 saturated heterocycles. The van der Waals surface area contributed by atoms with Gasteiger partial charge in [0.05, 0.1) is 11.8 Å². The molecule has 1 saturated carbocycles. The van der Waals surface area contributed by atoms with Gasteiger partial charge in [0.15, 0.2) is 5.76 Å². The van der Waals surface area contributed by atoms with Crippen LogP contribution >= 0.6 is 15.9 Å². The van der Waals surface area contributed by atoms with Crippen LogP contribution in [-0.4, -0.2) is 24.0 Å². The van der Waals surface area contributed by atoms with Crippen LogP contribution in [-0.2, 0) is 10.3 Å². The van der Waals surface area contributed by atoms with Gasteiger partial charge in [0.2, 0.25) is 17.5 Å². The van der Waals surface area contributed by atoms with Gasteiger partial charge in [-0.1, -0.05) is 28.1 Å². The Morgan fingerprint density at radius 2 is 2.06 bits per heavy atom. The summed E-state index contributed by atoms with van der Waals surface area (Å²) in [5, 5.41) is 12.9. The van der Waals surface area contributed by atoms with Crippen molar-refractivity contribution in [3.05, 3.63) is 58.4 Å². The molecule has 1 amide bonds. The van der Waals surface area contributed by atoms with Gasteiger partial charge in [-0.2, -0.15) is 10.2 Å². The van der Waals surface area contributed by atoms with E-state index in [4.69, 9.17) is 8.83 Å². The van der Waals surface area contributed by atoms with E-state index in [1.165, 1.54) is 0 Å². The first-order chi connectivity index (χ1) is 15.6. The second-order valence-electron chi connectivity index (χ2n) is 8.46. The Morgan fingerprint density at radius 1 is 1.25 bits per heavy atom. The topological polar surface area (TPSA) is 95.3 Å². The zero-order valence-electron chi connectivity index (χ0n) is 17.5. The van der Waals surface area contributed by atoms with Crippen LogP contribution in [0.25, 0.3) is 11.7 Å². The molecule has 0 radical (unpaired) electrons. The van der Waals surface area contributed by atoms with Crippen molar-refractivity contribution in [1.29, 1.82) is 5.26 Å². The maximum Gasteiger partial charge on any atom is 0.266 e. The van der Waals surface area contributed by atoms with Crippen LogP contribution in [0.15, 0.2) is 56.0 Å². The molecule has 3 aromatic rings. The summed E-state index contributed by atoms with van der Waals surface area (Å²) >= 11 is 3.54. The van der Waals surface area contributed by atoms with E-state index in [9.17, 15) is 10.1 Å². The third-order valence-corrected chi connectivity index (χ3v) is 7.04. The molecule has 1 N–H and O–H groups in total. The smallest absolute Gasteiger partial charge is 0.266 e. The Balaban J connectivity index is 1.25. The highest BCUT2D eigenvalue weighted by Crippen LogP contribution is 2.42. The monoisotopic (exact) mass is 494 g/mol. The Hall–Kier alpha value is -3.05. The van der Waals surface area contributed by atoms with Gasteiger partial charge in [-0.15, -0.1) is 0 Å². The number of furan rings is 1. The Labute approximate surface area is 194 Å². The second kappa shape index (κ2) is 8.47. The van der Waals surface area contributed by atoms with Crippen molar-refractivity contribution in [3.8, 4) is 17.7 Å². The third-order valence-electron chi connectivity index (χ3n) is 6.55. The molecule has 3 heterocycles. The summed E-state index contributed by atoms with van der Waals surface area (Å²) in [6.45, 7) is 1.26. The summed E-state index contributed by atoms with van der Waals surface area (Å²) in [4.78, 5) is 19.4. The minimum absolute atomic E-state index is 0.0612. The number of hydrogen-bond acceptors (Lipinski definition) is 6. The van der Waals surface area contributed by atoms with Crippen LogP contribution < -0.4 is 10.2 Å². The van der Waals surface area contributed by atoms with Gasteiger partial charge >= 0.3 is 0 Å². The van der Waals surface area contributed by atoms with Crippen LogP contribution in [0.2, 0.25) is 0 Å². The highest BCUT2D eigenvalue weighted by atomic mass is 79.9. The summed E-state index contributed by atoms with van der Waals surface area (Å²) in [6.07, 6.45) is 5.98. The van der Waals surface area contributed by atoms with E-state index in [2.05, 4.69) is 44.4 Å². The van der Waals surface area contributed by atoms with Crippen molar-refractivity contribution >= 4 is 27.7 Å². The number of oxazole rings is 1. The SMILES string of the molecule is N#Cc1nc(-c2ccco2)oc1N1CCC(C(=O)NC2(c3cccc(Br)c3)CCC2)CC1. The molecule has 0 unspecified atom stereocenters. The van der Waals surface area contributed by atoms with Crippen LogP contribution in [0.3, 0.4) is 0 Å². The van der Waals surface area contributed by atoms with Gasteiger partial charge in [-0.25, -0.2) is 0 Å². The number of piperidine rings is 1. The Morgan fingerprint density at radius 3 is 2.69 bits per heavy atom. The molecular formula is C24H23BrN4O3. The largest absolute Gasteiger partial charge is 0.459 e. The molecule has 1 aliphatic heterocycles. The molecule has 2 fully saturated rings. The number of hydrogen-bond donors (Lipinski definition) is 1. The number of benzene rings is 1. The molecule has 2 aromatic heterocycles. The van der Waals surface area contributed by atoms with Crippen molar-refractivity contribution in [2.75, 3.05) is 18.0 Å². The highest BCUT2D eigenvalue weighted by Gasteiger charge is 2.41. The first-order valence-electron chi connectivity index (χ1n) is 10.9. The number of nitrogens with zero attached hydrogens (tertiary/aromatic N) is 3. The number of halogens is 1. The summed E-state index contributed by atoms with van der Waals surface area (Å²) < 4.78 is 12.2. The highest BCUT2D eigenvalue weighted by molar-refractivity contribution is 9.10. The molecule has 0 bridgehead atoms. The average Bonchev–Trinajstić information content (AvgIpc) is 3.46. The molecule has 2 aliphatic rings. The minimum Gasteiger partial charge on any atom is -0.459 e. The van der Waals surface area contributed by atoms with Crippen LogP contribution in [0.5, 0.6) is 0 Å². The summed E-state index contributed by atoms with van der Waals surface area (Å²) in [5.74, 6) is 1.28. The van der Waals surface area contributed by atoms with Crippen molar-refractivity contribution in [3.63, 3.8) is 0 Å². The number of nitriles is 1. The molecule has 8 heteroatoms. The van der Waals surface area contributed by atoms with E-state index in [0.717, 1.165) is 29.3 Å². The van der Waals surface area contributed by atoms with Gasteiger partial charge in [0, 0.05) is 23.5 Å². The molecule has 1 aromatic carbocycles. The number of aromatic nitrogens is 1. The maximum absolute atomic E-state index is 13.1. The fraction of sp³-hybridized carbons (Fsp3) is 0.375. The lowest BCUT2D eigenvalue weighted by Gasteiger charge is -2.44.